The minimum atomic E-state index is -0.404. The number of aromatic nitrogens is 2. The zero-order chi connectivity index (χ0) is 18.8. The first kappa shape index (κ1) is 17.4. The first-order valence-electron chi connectivity index (χ1n) is 8.94. The molecule has 0 radical (unpaired) electrons. The van der Waals surface area contributed by atoms with Crippen molar-refractivity contribution < 1.29 is 14.3 Å². The van der Waals surface area contributed by atoms with Gasteiger partial charge in [-0.25, -0.2) is 14.9 Å². The van der Waals surface area contributed by atoms with E-state index in [0.717, 1.165) is 13.1 Å². The maximum absolute atomic E-state index is 12.9. The lowest BCUT2D eigenvalue weighted by Crippen LogP contribution is -2.53. The molecule has 140 valence electrons. The summed E-state index contributed by atoms with van der Waals surface area (Å²) >= 11 is 0. The van der Waals surface area contributed by atoms with E-state index in [-0.39, 0.29) is 18.2 Å². The lowest BCUT2D eigenvalue weighted by molar-refractivity contribution is -0.123. The maximum atomic E-state index is 12.9. The minimum Gasteiger partial charge on any atom is -0.497 e. The molecule has 3 heterocycles. The van der Waals surface area contributed by atoms with Gasteiger partial charge in [0, 0.05) is 38.6 Å². The summed E-state index contributed by atoms with van der Waals surface area (Å²) in [6, 6.07) is 8.36. The normalized spacial score (nSPS) is 21.0. The highest BCUT2D eigenvalue weighted by molar-refractivity contribution is 6.22. The quantitative estimate of drug-likeness (QED) is 0.744. The van der Waals surface area contributed by atoms with Crippen LogP contribution in [0.4, 0.5) is 11.6 Å². The molecule has 27 heavy (non-hydrogen) atoms. The van der Waals surface area contributed by atoms with Crippen molar-refractivity contribution in [2.24, 2.45) is 0 Å². The van der Waals surface area contributed by atoms with Crippen molar-refractivity contribution in [1.29, 1.82) is 0 Å². The fourth-order valence-electron chi connectivity index (χ4n) is 3.59. The summed E-state index contributed by atoms with van der Waals surface area (Å²) in [5, 5.41) is 0. The van der Waals surface area contributed by atoms with Crippen LogP contribution in [0.15, 0.2) is 42.7 Å². The van der Waals surface area contributed by atoms with Gasteiger partial charge in [-0.05, 0) is 30.3 Å². The molecule has 2 fully saturated rings. The number of ether oxygens (including phenoxy) is 1. The smallest absolute Gasteiger partial charge is 0.251 e. The third kappa shape index (κ3) is 3.35. The van der Waals surface area contributed by atoms with E-state index in [1.54, 1.807) is 49.8 Å². The molecule has 0 saturated carbocycles. The third-order valence-corrected chi connectivity index (χ3v) is 5.04. The molecular formula is C19H21N5O3. The van der Waals surface area contributed by atoms with E-state index in [1.807, 2.05) is 0 Å². The zero-order valence-electron chi connectivity index (χ0n) is 15.1. The predicted molar refractivity (Wildman–Crippen MR) is 99.7 cm³/mol. The highest BCUT2D eigenvalue weighted by atomic mass is 16.5. The fourth-order valence-corrected chi connectivity index (χ4v) is 3.59. The second-order valence-corrected chi connectivity index (χ2v) is 6.56. The van der Waals surface area contributed by atoms with Crippen molar-refractivity contribution in [1.82, 2.24) is 14.9 Å². The molecule has 0 N–H and O–H groups in total. The Labute approximate surface area is 157 Å². The van der Waals surface area contributed by atoms with Gasteiger partial charge in [-0.15, -0.1) is 0 Å². The highest BCUT2D eigenvalue weighted by Crippen LogP contribution is 2.28. The number of methoxy groups -OCH3 is 1. The van der Waals surface area contributed by atoms with Crippen molar-refractivity contribution in [2.45, 2.75) is 12.5 Å². The van der Waals surface area contributed by atoms with E-state index < -0.39 is 6.04 Å². The monoisotopic (exact) mass is 367 g/mol. The topological polar surface area (TPSA) is 78.9 Å². The number of hydrogen-bond donors (Lipinski definition) is 0. The molecule has 2 aromatic rings. The molecule has 4 rings (SSSR count). The van der Waals surface area contributed by atoms with Crippen LogP contribution in [0.25, 0.3) is 0 Å². The second-order valence-electron chi connectivity index (χ2n) is 6.56. The third-order valence-electron chi connectivity index (χ3n) is 5.04. The highest BCUT2D eigenvalue weighted by Gasteiger charge is 2.43. The number of carbonyl (C=O) groups excluding carboxylic acids is 2. The van der Waals surface area contributed by atoms with Crippen LogP contribution in [0.2, 0.25) is 0 Å². The van der Waals surface area contributed by atoms with E-state index in [4.69, 9.17) is 4.74 Å². The number of carbonyl (C=O) groups is 2. The van der Waals surface area contributed by atoms with Crippen LogP contribution in [0.1, 0.15) is 6.42 Å². The van der Waals surface area contributed by atoms with Gasteiger partial charge in [0.05, 0.1) is 25.3 Å². The van der Waals surface area contributed by atoms with Crippen LogP contribution in [0.3, 0.4) is 0 Å². The molecule has 0 spiro atoms. The molecule has 8 heteroatoms. The van der Waals surface area contributed by atoms with Crippen molar-refractivity contribution in [3.8, 4) is 5.75 Å². The van der Waals surface area contributed by atoms with Gasteiger partial charge in [0.2, 0.25) is 11.9 Å². The van der Waals surface area contributed by atoms with Crippen LogP contribution < -0.4 is 14.5 Å². The van der Waals surface area contributed by atoms with Crippen LogP contribution in [0, 0.1) is 0 Å². The Balaban J connectivity index is 1.43. The van der Waals surface area contributed by atoms with E-state index in [1.165, 1.54) is 4.90 Å². The Morgan fingerprint density at radius 2 is 1.67 bits per heavy atom. The molecule has 2 saturated heterocycles. The van der Waals surface area contributed by atoms with Crippen molar-refractivity contribution in [3.63, 3.8) is 0 Å². The van der Waals surface area contributed by atoms with Gasteiger partial charge in [0.25, 0.3) is 5.91 Å². The second kappa shape index (κ2) is 7.32. The number of anilines is 2. The van der Waals surface area contributed by atoms with Crippen molar-refractivity contribution in [3.05, 3.63) is 42.7 Å². The molecule has 1 atom stereocenters. The summed E-state index contributed by atoms with van der Waals surface area (Å²) in [6.07, 6.45) is 3.66. The number of rotatable bonds is 4. The minimum absolute atomic E-state index is 0.158. The van der Waals surface area contributed by atoms with Crippen LogP contribution in [-0.2, 0) is 9.59 Å². The van der Waals surface area contributed by atoms with E-state index in [0.29, 0.717) is 30.5 Å². The Morgan fingerprint density at radius 1 is 1.00 bits per heavy atom. The number of piperazine rings is 1. The Morgan fingerprint density at radius 3 is 2.30 bits per heavy atom. The molecule has 2 aliphatic heterocycles. The number of benzene rings is 1. The molecule has 2 amide bonds. The molecule has 0 aliphatic carbocycles. The molecule has 8 nitrogen and oxygen atoms in total. The maximum Gasteiger partial charge on any atom is 0.251 e. The summed E-state index contributed by atoms with van der Waals surface area (Å²) in [5.74, 6) is 1.07. The molecular weight excluding hydrogens is 346 g/mol. The van der Waals surface area contributed by atoms with E-state index >= 15 is 0 Å². The predicted octanol–water partition coefficient (Wildman–Crippen LogP) is 0.939. The average molecular weight is 367 g/mol. The van der Waals surface area contributed by atoms with E-state index in [2.05, 4.69) is 19.8 Å². The van der Waals surface area contributed by atoms with Crippen molar-refractivity contribution in [2.75, 3.05) is 43.1 Å². The first-order valence-corrected chi connectivity index (χ1v) is 8.94. The fraction of sp³-hybridized carbons (Fsp3) is 0.368. The lowest BCUT2D eigenvalue weighted by Gasteiger charge is -2.36. The van der Waals surface area contributed by atoms with Gasteiger partial charge in [-0.1, -0.05) is 0 Å². The summed E-state index contributed by atoms with van der Waals surface area (Å²) in [7, 11) is 1.58. The van der Waals surface area contributed by atoms with E-state index in [9.17, 15) is 9.59 Å². The van der Waals surface area contributed by atoms with Gasteiger partial charge in [-0.3, -0.25) is 14.5 Å². The Bertz CT molecular complexity index is 819. The summed E-state index contributed by atoms with van der Waals surface area (Å²) in [5.41, 5.74) is 0.588. The van der Waals surface area contributed by atoms with Gasteiger partial charge in [0.1, 0.15) is 5.75 Å². The Hall–Kier alpha value is -3.00. The number of amides is 2. The molecule has 0 bridgehead atoms. The zero-order valence-corrected chi connectivity index (χ0v) is 15.1. The molecule has 1 aromatic heterocycles. The van der Waals surface area contributed by atoms with Gasteiger partial charge < -0.3 is 9.64 Å². The standard InChI is InChI=1S/C19H21N5O3/c1-27-15-5-3-14(4-6-15)24-17(25)13-16(18(24)26)22-9-11-23(12-10-22)19-20-7-2-8-21-19/h2-8,16H,9-13H2,1H3. The molecule has 1 unspecified atom stereocenters. The largest absolute Gasteiger partial charge is 0.497 e. The van der Waals surface area contributed by atoms with Gasteiger partial charge >= 0.3 is 0 Å². The van der Waals surface area contributed by atoms with Crippen molar-refractivity contribution >= 4 is 23.5 Å². The summed E-state index contributed by atoms with van der Waals surface area (Å²) in [4.78, 5) is 39.4. The van der Waals surface area contributed by atoms with Gasteiger partial charge in [-0.2, -0.15) is 0 Å². The first-order chi connectivity index (χ1) is 13.2. The number of nitrogens with zero attached hydrogens (tertiary/aromatic N) is 5. The van der Waals surface area contributed by atoms with Crippen LogP contribution >= 0.6 is 0 Å². The SMILES string of the molecule is COc1ccc(N2C(=O)CC(N3CCN(c4ncccn4)CC3)C2=O)cc1. The molecule has 1 aromatic carbocycles. The molecule has 2 aliphatic rings. The summed E-state index contributed by atoms with van der Waals surface area (Å²) < 4.78 is 5.14. The number of imide groups is 1. The lowest BCUT2D eigenvalue weighted by atomic mass is 10.2. The van der Waals surface area contributed by atoms with Crippen LogP contribution in [-0.4, -0.2) is 66.0 Å². The number of hydrogen-bond acceptors (Lipinski definition) is 7. The Kier molecular flexibility index (Phi) is 4.72. The average Bonchev–Trinajstić information content (AvgIpc) is 3.03. The summed E-state index contributed by atoms with van der Waals surface area (Å²) in [6.45, 7) is 2.84. The van der Waals surface area contributed by atoms with Gasteiger partial charge in [0.15, 0.2) is 0 Å². The van der Waals surface area contributed by atoms with Crippen LogP contribution in [0.5, 0.6) is 5.75 Å².